The quantitative estimate of drug-likeness (QED) is 0.248. The van der Waals surface area contributed by atoms with Gasteiger partial charge in [-0.1, -0.05) is 52.7 Å². The number of aliphatic hydroxyl groups excluding tert-OH is 1. The number of benzene rings is 2. The topological polar surface area (TPSA) is 105 Å². The van der Waals surface area contributed by atoms with Crippen molar-refractivity contribution < 1.29 is 13.5 Å². The molecule has 11 heteroatoms. The van der Waals surface area contributed by atoms with Gasteiger partial charge in [0.05, 0.1) is 24.6 Å². The number of aromatic nitrogens is 2. The minimum absolute atomic E-state index is 0.223. The fraction of sp³-hybridized carbons (Fsp3) is 0.452. The highest BCUT2D eigenvalue weighted by atomic mass is 79.9. The molecule has 2 aromatic carbocycles. The maximum Gasteiger partial charge on any atom is 0.211 e. The Morgan fingerprint density at radius 2 is 1.88 bits per heavy atom. The van der Waals surface area contributed by atoms with Crippen LogP contribution in [0, 0.1) is 12.8 Å². The lowest BCUT2D eigenvalue weighted by Gasteiger charge is -2.34. The molecule has 0 saturated carbocycles. The average molecular weight is 679 g/mol. The van der Waals surface area contributed by atoms with Crippen LogP contribution in [0.15, 0.2) is 53.0 Å². The van der Waals surface area contributed by atoms with Gasteiger partial charge < -0.3 is 15.7 Å². The maximum absolute atomic E-state index is 12.4. The number of nitrogen functional groups attached to an aromatic ring is 1. The molecule has 8 nitrogen and oxygen atoms in total. The number of nitrogens with two attached hydrogens (primary N) is 1. The number of sulfonamides is 1. The summed E-state index contributed by atoms with van der Waals surface area (Å²) < 4.78 is 29.0. The molecule has 4 rings (SSSR count). The summed E-state index contributed by atoms with van der Waals surface area (Å²) in [7, 11) is -3.39. The van der Waals surface area contributed by atoms with E-state index in [4.69, 9.17) is 22.4 Å². The van der Waals surface area contributed by atoms with Crippen molar-refractivity contribution in [3.8, 4) is 11.3 Å². The predicted octanol–water partition coefficient (Wildman–Crippen LogP) is 5.81. The average Bonchev–Trinajstić information content (AvgIpc) is 3.24. The third-order valence-corrected chi connectivity index (χ3v) is 10.2. The summed E-state index contributed by atoms with van der Waals surface area (Å²) in [6, 6.07) is 13.4. The molecule has 1 unspecified atom stereocenters. The second-order valence-electron chi connectivity index (χ2n) is 11.0. The molecule has 0 amide bonds. The first-order chi connectivity index (χ1) is 19.9. The van der Waals surface area contributed by atoms with E-state index in [0.717, 1.165) is 64.2 Å². The van der Waals surface area contributed by atoms with Crippen molar-refractivity contribution in [2.45, 2.75) is 52.8 Å². The van der Waals surface area contributed by atoms with Crippen LogP contribution >= 0.6 is 27.5 Å². The van der Waals surface area contributed by atoms with Crippen molar-refractivity contribution in [3.63, 3.8) is 0 Å². The van der Waals surface area contributed by atoms with Crippen molar-refractivity contribution in [1.82, 2.24) is 19.0 Å². The van der Waals surface area contributed by atoms with E-state index in [1.807, 2.05) is 67.9 Å². The fourth-order valence-electron chi connectivity index (χ4n) is 5.80. The first-order valence-electron chi connectivity index (χ1n) is 14.3. The molecule has 1 atom stereocenters. The number of rotatable bonds is 11. The summed E-state index contributed by atoms with van der Waals surface area (Å²) in [4.78, 5) is 2.30. The molecule has 0 aliphatic carbocycles. The number of aliphatic hydroxyl groups is 1. The number of allylic oxidation sites excluding steroid dienone is 2. The van der Waals surface area contributed by atoms with Gasteiger partial charge in [0.2, 0.25) is 10.0 Å². The van der Waals surface area contributed by atoms with E-state index < -0.39 is 16.1 Å². The van der Waals surface area contributed by atoms with Gasteiger partial charge in [0.1, 0.15) is 0 Å². The fourth-order valence-corrected chi connectivity index (χ4v) is 7.07. The monoisotopic (exact) mass is 677 g/mol. The Morgan fingerprint density at radius 3 is 2.48 bits per heavy atom. The van der Waals surface area contributed by atoms with Crippen LogP contribution in [0.25, 0.3) is 16.8 Å². The smallest absolute Gasteiger partial charge is 0.211 e. The molecule has 42 heavy (non-hydrogen) atoms. The van der Waals surface area contributed by atoms with Crippen LogP contribution in [0.2, 0.25) is 5.02 Å². The Bertz CT molecular complexity index is 1520. The number of halogens is 2. The number of nitrogens with zero attached hydrogens (tertiary/aromatic N) is 4. The highest BCUT2D eigenvalue weighted by Crippen LogP contribution is 2.36. The van der Waals surface area contributed by atoms with Gasteiger partial charge in [-0.25, -0.2) is 8.42 Å². The largest absolute Gasteiger partial charge is 0.398 e. The summed E-state index contributed by atoms with van der Waals surface area (Å²) in [5.41, 5.74) is 12.6. The Morgan fingerprint density at radius 1 is 1.21 bits per heavy atom. The summed E-state index contributed by atoms with van der Waals surface area (Å²) in [5.74, 6) is 0.380. The Labute approximate surface area is 263 Å². The van der Waals surface area contributed by atoms with Crippen molar-refractivity contribution in [2.24, 2.45) is 5.92 Å². The number of anilines is 1. The second kappa shape index (κ2) is 14.1. The molecule has 0 bridgehead atoms. The Hall–Kier alpha value is -2.21. The highest BCUT2D eigenvalue weighted by Gasteiger charge is 2.27. The van der Waals surface area contributed by atoms with Gasteiger partial charge in [-0.2, -0.15) is 9.40 Å². The van der Waals surface area contributed by atoms with Crippen molar-refractivity contribution >= 4 is 48.8 Å². The van der Waals surface area contributed by atoms with Gasteiger partial charge in [-0.3, -0.25) is 4.68 Å². The SMILES string of the molecule is C/C=C(/c1cc(Cl)ccc1N)C1CCN(CC(O)Cn2nc(-c3ccc(Br)cc3)c(CN(CC)S(C)(=O)=O)c2C)CC1. The summed E-state index contributed by atoms with van der Waals surface area (Å²) >= 11 is 9.74. The van der Waals surface area contributed by atoms with Gasteiger partial charge in [-0.05, 0) is 81.6 Å². The molecule has 228 valence electrons. The van der Waals surface area contributed by atoms with Gasteiger partial charge in [0, 0.05) is 57.2 Å². The van der Waals surface area contributed by atoms with Crippen LogP contribution in [-0.2, 0) is 23.1 Å². The van der Waals surface area contributed by atoms with Crippen LogP contribution in [-0.4, -0.2) is 71.0 Å². The number of piperidine rings is 1. The van der Waals surface area contributed by atoms with E-state index in [9.17, 15) is 13.5 Å². The molecule has 0 spiro atoms. The van der Waals surface area contributed by atoms with Crippen molar-refractivity contribution in [1.29, 1.82) is 0 Å². The van der Waals surface area contributed by atoms with Gasteiger partial charge >= 0.3 is 0 Å². The van der Waals surface area contributed by atoms with E-state index >= 15 is 0 Å². The number of hydrogen-bond acceptors (Lipinski definition) is 6. The molecule has 1 aliphatic rings. The summed E-state index contributed by atoms with van der Waals surface area (Å²) in [6.07, 6.45) is 4.67. The maximum atomic E-state index is 12.4. The summed E-state index contributed by atoms with van der Waals surface area (Å²) in [6.45, 7) is 8.99. The normalized spacial score (nSPS) is 16.3. The Balaban J connectivity index is 1.46. The lowest BCUT2D eigenvalue weighted by atomic mass is 9.84. The predicted molar refractivity (Wildman–Crippen MR) is 176 cm³/mol. The second-order valence-corrected chi connectivity index (χ2v) is 14.3. The molecule has 0 radical (unpaired) electrons. The standard InChI is InChI=1S/C31H41BrClN5O3S/c1-5-27(28-17-25(33)11-12-30(28)34)22-13-15-36(16-14-22)18-26(39)19-38-21(3)29(20-37(6-2)42(4,40)41)31(35-38)23-7-9-24(32)10-8-23/h5,7-12,17,22,26,39H,6,13-16,18-20,34H2,1-4H3/b27-5+. The van der Waals surface area contributed by atoms with Crippen LogP contribution in [0.3, 0.4) is 0 Å². The van der Waals surface area contributed by atoms with E-state index in [1.165, 1.54) is 16.1 Å². The molecule has 1 aliphatic heterocycles. The number of likely N-dealkylation sites (tertiary alicyclic amines) is 1. The molecule has 1 saturated heterocycles. The number of β-amino-alcohol motifs (C(OH)–C–C–N with tert-alkyl or cyclic N) is 1. The van der Waals surface area contributed by atoms with Crippen molar-refractivity contribution in [2.75, 3.05) is 38.2 Å². The first kappa shape index (κ1) is 32.7. The van der Waals surface area contributed by atoms with Crippen LogP contribution < -0.4 is 5.73 Å². The minimum atomic E-state index is -3.39. The first-order valence-corrected chi connectivity index (χ1v) is 17.3. The van der Waals surface area contributed by atoms with Crippen LogP contribution in [0.4, 0.5) is 5.69 Å². The molecule has 3 N–H and O–H groups in total. The molecule has 1 aromatic heterocycles. The third-order valence-electron chi connectivity index (χ3n) is 8.12. The van der Waals surface area contributed by atoms with E-state index in [0.29, 0.717) is 30.6 Å². The van der Waals surface area contributed by atoms with Gasteiger partial charge in [0.15, 0.2) is 0 Å². The summed E-state index contributed by atoms with van der Waals surface area (Å²) in [5, 5.41) is 16.7. The molecular weight excluding hydrogens is 638 g/mol. The lowest BCUT2D eigenvalue weighted by molar-refractivity contribution is 0.0804. The van der Waals surface area contributed by atoms with Crippen LogP contribution in [0.1, 0.15) is 43.5 Å². The van der Waals surface area contributed by atoms with Gasteiger partial charge in [-0.15, -0.1) is 0 Å². The van der Waals surface area contributed by atoms with Gasteiger partial charge in [0.25, 0.3) is 0 Å². The zero-order valence-corrected chi connectivity index (χ0v) is 27.9. The Kier molecular flexibility index (Phi) is 10.9. The molecular formula is C31H41BrClN5O3S. The zero-order chi connectivity index (χ0) is 30.6. The molecule has 2 heterocycles. The minimum Gasteiger partial charge on any atom is -0.398 e. The van der Waals surface area contributed by atoms with Crippen molar-refractivity contribution in [3.05, 3.63) is 74.9 Å². The van der Waals surface area contributed by atoms with E-state index in [1.54, 1.807) is 0 Å². The lowest BCUT2D eigenvalue weighted by Crippen LogP contribution is -2.40. The zero-order valence-electron chi connectivity index (χ0n) is 24.7. The van der Waals surface area contributed by atoms with E-state index in [-0.39, 0.29) is 6.54 Å². The highest BCUT2D eigenvalue weighted by molar-refractivity contribution is 9.10. The van der Waals surface area contributed by atoms with Crippen LogP contribution in [0.5, 0.6) is 0 Å². The third kappa shape index (κ3) is 7.84. The molecule has 1 fully saturated rings. The number of hydrogen-bond donors (Lipinski definition) is 2. The van der Waals surface area contributed by atoms with E-state index in [2.05, 4.69) is 26.9 Å². The molecule has 3 aromatic rings.